The first kappa shape index (κ1) is 15.6. The summed E-state index contributed by atoms with van der Waals surface area (Å²) in [7, 11) is 0. The standard InChI is InChI=1S/C17H22ClNS/c1-2-12-19-15(13-16-10-11-17(18)20-16)9-8-14-6-4-3-5-7-14/h3-7,10-11,15,19H,2,8-9,12-13H2,1H3. The Morgan fingerprint density at radius 2 is 1.95 bits per heavy atom. The predicted octanol–water partition coefficient (Wildman–Crippen LogP) is 4.95. The van der Waals surface area contributed by atoms with E-state index in [0.717, 1.165) is 23.7 Å². The van der Waals surface area contributed by atoms with Crippen LogP contribution in [-0.4, -0.2) is 12.6 Å². The van der Waals surface area contributed by atoms with Gasteiger partial charge in [-0.3, -0.25) is 0 Å². The van der Waals surface area contributed by atoms with E-state index in [1.54, 1.807) is 11.3 Å². The van der Waals surface area contributed by atoms with Crippen LogP contribution in [0.2, 0.25) is 4.34 Å². The topological polar surface area (TPSA) is 12.0 Å². The van der Waals surface area contributed by atoms with E-state index in [2.05, 4.69) is 48.6 Å². The van der Waals surface area contributed by atoms with Gasteiger partial charge in [0.1, 0.15) is 0 Å². The first-order chi connectivity index (χ1) is 9.78. The van der Waals surface area contributed by atoms with E-state index >= 15 is 0 Å². The van der Waals surface area contributed by atoms with Crippen molar-refractivity contribution in [1.82, 2.24) is 5.32 Å². The van der Waals surface area contributed by atoms with Crippen LogP contribution < -0.4 is 5.32 Å². The lowest BCUT2D eigenvalue weighted by Gasteiger charge is -2.18. The first-order valence-electron chi connectivity index (χ1n) is 7.29. The third-order valence-electron chi connectivity index (χ3n) is 3.38. The lowest BCUT2D eigenvalue weighted by molar-refractivity contribution is 0.480. The van der Waals surface area contributed by atoms with Crippen LogP contribution in [0.5, 0.6) is 0 Å². The Kier molecular flexibility index (Phi) is 6.58. The second kappa shape index (κ2) is 8.46. The maximum atomic E-state index is 6.02. The molecule has 0 bridgehead atoms. The molecule has 0 aliphatic rings. The normalized spacial score (nSPS) is 12.5. The van der Waals surface area contributed by atoms with Gasteiger partial charge in [0.05, 0.1) is 4.34 Å². The van der Waals surface area contributed by atoms with E-state index < -0.39 is 0 Å². The van der Waals surface area contributed by atoms with Crippen molar-refractivity contribution < 1.29 is 0 Å². The monoisotopic (exact) mass is 307 g/mol. The molecule has 0 fully saturated rings. The molecule has 0 saturated heterocycles. The van der Waals surface area contributed by atoms with Crippen LogP contribution in [0.1, 0.15) is 30.2 Å². The van der Waals surface area contributed by atoms with Crippen molar-refractivity contribution in [2.24, 2.45) is 0 Å². The Labute approximate surface area is 131 Å². The minimum atomic E-state index is 0.532. The number of hydrogen-bond acceptors (Lipinski definition) is 2. The van der Waals surface area contributed by atoms with Crippen molar-refractivity contribution in [2.75, 3.05) is 6.54 Å². The minimum absolute atomic E-state index is 0.532. The molecule has 1 atom stereocenters. The van der Waals surface area contributed by atoms with E-state index in [0.29, 0.717) is 6.04 Å². The van der Waals surface area contributed by atoms with Gasteiger partial charge in [0.25, 0.3) is 0 Å². The van der Waals surface area contributed by atoms with Gasteiger partial charge in [0.15, 0.2) is 0 Å². The molecule has 0 radical (unpaired) electrons. The molecule has 0 amide bonds. The van der Waals surface area contributed by atoms with Gasteiger partial charge < -0.3 is 5.32 Å². The van der Waals surface area contributed by atoms with E-state index in [1.165, 1.54) is 23.3 Å². The quantitative estimate of drug-likeness (QED) is 0.728. The number of aryl methyl sites for hydroxylation is 1. The highest BCUT2D eigenvalue weighted by atomic mass is 35.5. The van der Waals surface area contributed by atoms with Gasteiger partial charge in [-0.1, -0.05) is 48.9 Å². The summed E-state index contributed by atoms with van der Waals surface area (Å²) < 4.78 is 0.886. The van der Waals surface area contributed by atoms with Gasteiger partial charge in [0, 0.05) is 10.9 Å². The van der Waals surface area contributed by atoms with Crippen molar-refractivity contribution in [1.29, 1.82) is 0 Å². The molecule has 2 aromatic rings. The van der Waals surface area contributed by atoms with Gasteiger partial charge in [-0.2, -0.15) is 0 Å². The molecule has 1 aromatic heterocycles. The van der Waals surface area contributed by atoms with Crippen molar-refractivity contribution in [3.05, 3.63) is 57.2 Å². The zero-order valence-corrected chi connectivity index (χ0v) is 13.5. The molecule has 1 N–H and O–H groups in total. The Morgan fingerprint density at radius 3 is 2.60 bits per heavy atom. The molecule has 108 valence electrons. The SMILES string of the molecule is CCCNC(CCc1ccccc1)Cc1ccc(Cl)s1. The average molecular weight is 308 g/mol. The number of thiophene rings is 1. The Morgan fingerprint density at radius 1 is 1.15 bits per heavy atom. The third kappa shape index (κ3) is 5.28. The lowest BCUT2D eigenvalue weighted by Crippen LogP contribution is -2.32. The first-order valence-corrected chi connectivity index (χ1v) is 8.49. The molecule has 1 heterocycles. The smallest absolute Gasteiger partial charge is 0.0931 e. The fraction of sp³-hybridized carbons (Fsp3) is 0.412. The summed E-state index contributed by atoms with van der Waals surface area (Å²) in [5.74, 6) is 0. The Balaban J connectivity index is 1.89. The van der Waals surface area contributed by atoms with Crippen LogP contribution in [0.15, 0.2) is 42.5 Å². The molecular formula is C17H22ClNS. The molecule has 20 heavy (non-hydrogen) atoms. The van der Waals surface area contributed by atoms with E-state index in [4.69, 9.17) is 11.6 Å². The number of benzene rings is 1. The summed E-state index contributed by atoms with van der Waals surface area (Å²) in [5.41, 5.74) is 1.42. The van der Waals surface area contributed by atoms with E-state index in [1.807, 2.05) is 6.07 Å². The highest BCUT2D eigenvalue weighted by molar-refractivity contribution is 7.16. The highest BCUT2D eigenvalue weighted by Gasteiger charge is 2.10. The number of hydrogen-bond donors (Lipinski definition) is 1. The molecule has 3 heteroatoms. The number of halogens is 1. The number of rotatable bonds is 8. The highest BCUT2D eigenvalue weighted by Crippen LogP contribution is 2.23. The lowest BCUT2D eigenvalue weighted by atomic mass is 10.0. The molecule has 1 unspecified atom stereocenters. The molecule has 0 aliphatic carbocycles. The van der Waals surface area contributed by atoms with Gasteiger partial charge in [-0.05, 0) is 49.9 Å². The Bertz CT molecular complexity index is 495. The fourth-order valence-corrected chi connectivity index (χ4v) is 3.48. The minimum Gasteiger partial charge on any atom is -0.314 e. The summed E-state index contributed by atoms with van der Waals surface area (Å²) >= 11 is 7.72. The summed E-state index contributed by atoms with van der Waals surface area (Å²) in [4.78, 5) is 1.37. The van der Waals surface area contributed by atoms with Gasteiger partial charge in [-0.25, -0.2) is 0 Å². The van der Waals surface area contributed by atoms with E-state index in [-0.39, 0.29) is 0 Å². The van der Waals surface area contributed by atoms with E-state index in [9.17, 15) is 0 Å². The largest absolute Gasteiger partial charge is 0.314 e. The maximum absolute atomic E-state index is 6.02. The summed E-state index contributed by atoms with van der Waals surface area (Å²) in [6.45, 7) is 3.29. The summed E-state index contributed by atoms with van der Waals surface area (Å²) in [5, 5.41) is 3.66. The second-order valence-corrected chi connectivity index (χ2v) is 6.88. The Hall–Kier alpha value is -0.830. The molecule has 1 aromatic carbocycles. The zero-order chi connectivity index (χ0) is 14.2. The van der Waals surface area contributed by atoms with Gasteiger partial charge in [0.2, 0.25) is 0 Å². The van der Waals surface area contributed by atoms with Crippen LogP contribution >= 0.6 is 22.9 Å². The van der Waals surface area contributed by atoms with Crippen molar-refractivity contribution in [3.8, 4) is 0 Å². The maximum Gasteiger partial charge on any atom is 0.0931 e. The van der Waals surface area contributed by atoms with Gasteiger partial charge in [-0.15, -0.1) is 11.3 Å². The van der Waals surface area contributed by atoms with Crippen LogP contribution in [0.3, 0.4) is 0 Å². The zero-order valence-electron chi connectivity index (χ0n) is 11.9. The summed E-state index contributed by atoms with van der Waals surface area (Å²) in [6, 6.07) is 15.4. The molecule has 1 nitrogen and oxygen atoms in total. The fourth-order valence-electron chi connectivity index (χ4n) is 2.31. The number of nitrogens with one attached hydrogen (secondary N) is 1. The molecule has 0 saturated carbocycles. The van der Waals surface area contributed by atoms with Crippen LogP contribution in [0.25, 0.3) is 0 Å². The van der Waals surface area contributed by atoms with Crippen molar-refractivity contribution >= 4 is 22.9 Å². The molecule has 2 rings (SSSR count). The molecule has 0 spiro atoms. The predicted molar refractivity (Wildman–Crippen MR) is 89.9 cm³/mol. The van der Waals surface area contributed by atoms with Crippen LogP contribution in [0.4, 0.5) is 0 Å². The van der Waals surface area contributed by atoms with Crippen LogP contribution in [-0.2, 0) is 12.8 Å². The molecular weight excluding hydrogens is 286 g/mol. The average Bonchev–Trinajstić information content (AvgIpc) is 2.88. The van der Waals surface area contributed by atoms with Crippen LogP contribution in [0, 0.1) is 0 Å². The third-order valence-corrected chi connectivity index (χ3v) is 4.64. The van der Waals surface area contributed by atoms with Gasteiger partial charge >= 0.3 is 0 Å². The summed E-state index contributed by atoms with van der Waals surface area (Å²) in [6.07, 6.45) is 4.54. The van der Waals surface area contributed by atoms with Crippen molar-refractivity contribution in [3.63, 3.8) is 0 Å². The molecule has 0 aliphatic heterocycles. The van der Waals surface area contributed by atoms with Crippen molar-refractivity contribution in [2.45, 2.75) is 38.6 Å². The second-order valence-electron chi connectivity index (χ2n) is 5.09.